The molecule has 0 bridgehead atoms. The number of hydrogen-bond donors (Lipinski definition) is 1. The molecule has 0 aromatic heterocycles. The van der Waals surface area contributed by atoms with Gasteiger partial charge < -0.3 is 10.0 Å². The fourth-order valence-corrected chi connectivity index (χ4v) is 3.63. The molecule has 0 fully saturated rings. The molecule has 1 unspecified atom stereocenters. The average Bonchev–Trinajstić information content (AvgIpc) is 2.69. The summed E-state index contributed by atoms with van der Waals surface area (Å²) in [6.45, 7) is 5.38. The molecular weight excluding hydrogens is 364 g/mol. The molecule has 5 heteroatoms. The lowest BCUT2D eigenvalue weighted by atomic mass is 9.97. The Hall–Kier alpha value is -3.34. The molecule has 3 rings (SSSR count). The number of carboxylic acid groups (broad SMARTS) is 1. The molecule has 29 heavy (non-hydrogen) atoms. The lowest BCUT2D eigenvalue weighted by Gasteiger charge is -2.40. The third-order valence-corrected chi connectivity index (χ3v) is 4.99. The first kappa shape index (κ1) is 20.4. The van der Waals surface area contributed by atoms with Crippen molar-refractivity contribution in [2.45, 2.75) is 32.4 Å². The lowest BCUT2D eigenvalue weighted by Crippen LogP contribution is -2.52. The zero-order valence-corrected chi connectivity index (χ0v) is 17.2. The second kappa shape index (κ2) is 7.95. The first-order chi connectivity index (χ1) is 13.7. The van der Waals surface area contributed by atoms with Crippen molar-refractivity contribution in [1.29, 1.82) is 0 Å². The maximum absolute atomic E-state index is 13.7. The number of nitrogens with zero attached hydrogens (tertiary/aromatic N) is 2. The van der Waals surface area contributed by atoms with E-state index >= 15 is 0 Å². The van der Waals surface area contributed by atoms with Gasteiger partial charge in [-0.2, -0.15) is 0 Å². The molecule has 0 saturated heterocycles. The average molecular weight is 390 g/mol. The number of rotatable bonds is 4. The Morgan fingerprint density at radius 3 is 2.07 bits per heavy atom. The van der Waals surface area contributed by atoms with E-state index in [-0.39, 0.29) is 5.91 Å². The molecule has 150 valence electrons. The Labute approximate surface area is 171 Å². The van der Waals surface area contributed by atoms with Crippen LogP contribution >= 0.6 is 0 Å². The van der Waals surface area contributed by atoms with Gasteiger partial charge >= 0.3 is 6.09 Å². The molecule has 0 aliphatic carbocycles. The van der Waals surface area contributed by atoms with Gasteiger partial charge in [0.05, 0.1) is 5.69 Å². The highest BCUT2D eigenvalue weighted by atomic mass is 16.4. The van der Waals surface area contributed by atoms with Crippen molar-refractivity contribution in [1.82, 2.24) is 4.90 Å². The van der Waals surface area contributed by atoms with Gasteiger partial charge in [-0.3, -0.25) is 9.69 Å². The standard InChI is InChI=1S/C24H26N2O3/c1-24(2,3)26(23(28)29)21(18-12-6-5-7-13-18)22(27)25(4)20-16-10-14-17-11-8-9-15-19(17)20/h5-16,21H,1-4H3,(H,28,29). The molecule has 0 saturated carbocycles. The number of fused-ring (bicyclic) bond motifs is 1. The van der Waals surface area contributed by atoms with Crippen LogP contribution in [0.15, 0.2) is 72.8 Å². The molecule has 1 atom stereocenters. The molecule has 1 N–H and O–H groups in total. The molecule has 0 heterocycles. The van der Waals surface area contributed by atoms with Crippen LogP contribution in [0.4, 0.5) is 10.5 Å². The molecule has 0 aliphatic rings. The smallest absolute Gasteiger partial charge is 0.408 e. The van der Waals surface area contributed by atoms with Gasteiger partial charge in [-0.25, -0.2) is 4.79 Å². The SMILES string of the molecule is CN(C(=O)C(c1ccccc1)N(C(=O)O)C(C)(C)C)c1cccc2ccccc12. The van der Waals surface area contributed by atoms with Gasteiger partial charge in [0.1, 0.15) is 6.04 Å². The Kier molecular flexibility index (Phi) is 5.59. The summed E-state index contributed by atoms with van der Waals surface area (Å²) >= 11 is 0. The van der Waals surface area contributed by atoms with Crippen LogP contribution in [0.25, 0.3) is 10.8 Å². The fourth-order valence-electron chi connectivity index (χ4n) is 3.63. The summed E-state index contributed by atoms with van der Waals surface area (Å²) in [5.74, 6) is -0.301. The van der Waals surface area contributed by atoms with E-state index in [2.05, 4.69) is 0 Å². The first-order valence-electron chi connectivity index (χ1n) is 9.54. The monoisotopic (exact) mass is 390 g/mol. The third-order valence-electron chi connectivity index (χ3n) is 4.99. The maximum Gasteiger partial charge on any atom is 0.408 e. The summed E-state index contributed by atoms with van der Waals surface area (Å²) in [6.07, 6.45) is -1.13. The highest BCUT2D eigenvalue weighted by Gasteiger charge is 2.40. The van der Waals surface area contributed by atoms with Crippen molar-refractivity contribution in [3.8, 4) is 0 Å². The summed E-state index contributed by atoms with van der Waals surface area (Å²) in [6, 6.07) is 21.7. The zero-order chi connectivity index (χ0) is 21.2. The number of benzene rings is 3. The second-order valence-electron chi connectivity index (χ2n) is 8.03. The first-order valence-corrected chi connectivity index (χ1v) is 9.54. The van der Waals surface area contributed by atoms with E-state index in [9.17, 15) is 14.7 Å². The van der Waals surface area contributed by atoms with Crippen molar-refractivity contribution in [2.75, 3.05) is 11.9 Å². The van der Waals surface area contributed by atoms with Gasteiger partial charge in [0.25, 0.3) is 5.91 Å². The van der Waals surface area contributed by atoms with Crippen LogP contribution < -0.4 is 4.90 Å². The Morgan fingerprint density at radius 2 is 1.45 bits per heavy atom. The van der Waals surface area contributed by atoms with Crippen LogP contribution in [-0.2, 0) is 4.79 Å². The summed E-state index contributed by atoms with van der Waals surface area (Å²) in [4.78, 5) is 28.7. The van der Waals surface area contributed by atoms with E-state index in [4.69, 9.17) is 0 Å². The van der Waals surface area contributed by atoms with Gasteiger partial charge in [0, 0.05) is 18.0 Å². The number of carbonyl (C=O) groups is 2. The topological polar surface area (TPSA) is 60.9 Å². The largest absolute Gasteiger partial charge is 0.465 e. The minimum atomic E-state index is -1.13. The van der Waals surface area contributed by atoms with Crippen LogP contribution in [0.5, 0.6) is 0 Å². The second-order valence-corrected chi connectivity index (χ2v) is 8.03. The predicted octanol–water partition coefficient (Wildman–Crippen LogP) is 5.32. The molecule has 3 aromatic rings. The van der Waals surface area contributed by atoms with Gasteiger partial charge in [-0.1, -0.05) is 66.7 Å². The fraction of sp³-hybridized carbons (Fsp3) is 0.250. The van der Waals surface area contributed by atoms with Crippen molar-refractivity contribution < 1.29 is 14.7 Å². The van der Waals surface area contributed by atoms with Crippen molar-refractivity contribution >= 4 is 28.5 Å². The molecule has 5 nitrogen and oxygen atoms in total. The van der Waals surface area contributed by atoms with E-state index in [0.29, 0.717) is 5.56 Å². The van der Waals surface area contributed by atoms with E-state index in [0.717, 1.165) is 16.5 Å². The van der Waals surface area contributed by atoms with Crippen molar-refractivity contribution in [2.24, 2.45) is 0 Å². The molecule has 2 amide bonds. The van der Waals surface area contributed by atoms with Crippen LogP contribution in [0.2, 0.25) is 0 Å². The third kappa shape index (κ3) is 4.09. The van der Waals surface area contributed by atoms with Crippen LogP contribution in [0.3, 0.4) is 0 Å². The predicted molar refractivity (Wildman–Crippen MR) is 116 cm³/mol. The van der Waals surface area contributed by atoms with Crippen molar-refractivity contribution in [3.63, 3.8) is 0 Å². The number of carbonyl (C=O) groups excluding carboxylic acids is 1. The molecule has 0 radical (unpaired) electrons. The zero-order valence-electron chi connectivity index (χ0n) is 17.2. The van der Waals surface area contributed by atoms with Gasteiger partial charge in [0.15, 0.2) is 0 Å². The highest BCUT2D eigenvalue weighted by molar-refractivity contribution is 6.06. The summed E-state index contributed by atoms with van der Waals surface area (Å²) in [7, 11) is 1.70. The summed E-state index contributed by atoms with van der Waals surface area (Å²) < 4.78 is 0. The van der Waals surface area contributed by atoms with Crippen LogP contribution in [0.1, 0.15) is 32.4 Å². The summed E-state index contributed by atoms with van der Waals surface area (Å²) in [5.41, 5.74) is 0.622. The maximum atomic E-state index is 13.7. The lowest BCUT2D eigenvalue weighted by molar-refractivity contribution is -0.125. The molecule has 3 aromatic carbocycles. The quantitative estimate of drug-likeness (QED) is 0.656. The molecule has 0 aliphatic heterocycles. The van der Waals surface area contributed by atoms with Gasteiger partial charge in [0.2, 0.25) is 0 Å². The van der Waals surface area contributed by atoms with E-state index in [1.807, 2.05) is 60.7 Å². The van der Waals surface area contributed by atoms with Gasteiger partial charge in [-0.05, 0) is 37.8 Å². The number of anilines is 1. The van der Waals surface area contributed by atoms with Crippen molar-refractivity contribution in [3.05, 3.63) is 78.4 Å². The Bertz CT molecular complexity index is 1020. The van der Waals surface area contributed by atoms with E-state index in [1.165, 1.54) is 4.90 Å². The highest BCUT2D eigenvalue weighted by Crippen LogP contribution is 2.33. The Balaban J connectivity index is 2.12. The normalized spacial score (nSPS) is 12.4. The number of likely N-dealkylation sites (N-methyl/N-ethyl adjacent to an activating group) is 1. The van der Waals surface area contributed by atoms with Gasteiger partial charge in [-0.15, -0.1) is 0 Å². The van der Waals surface area contributed by atoms with E-state index in [1.54, 1.807) is 44.9 Å². The number of hydrogen-bond acceptors (Lipinski definition) is 2. The Morgan fingerprint density at radius 1 is 0.862 bits per heavy atom. The minimum Gasteiger partial charge on any atom is -0.465 e. The molecular formula is C24H26N2O3. The number of amides is 2. The summed E-state index contributed by atoms with van der Waals surface area (Å²) in [5, 5.41) is 11.9. The minimum absolute atomic E-state index is 0.301. The van der Waals surface area contributed by atoms with Crippen LogP contribution in [-0.4, -0.2) is 34.6 Å². The van der Waals surface area contributed by atoms with Crippen LogP contribution in [0, 0.1) is 0 Å². The molecule has 0 spiro atoms. The van der Waals surface area contributed by atoms with E-state index < -0.39 is 17.7 Å².